The second-order valence-electron chi connectivity index (χ2n) is 4.36. The van der Waals surface area contributed by atoms with E-state index in [4.69, 9.17) is 15.2 Å². The lowest BCUT2D eigenvalue weighted by Crippen LogP contribution is -2.04. The van der Waals surface area contributed by atoms with Crippen molar-refractivity contribution >= 4 is 0 Å². The van der Waals surface area contributed by atoms with Crippen LogP contribution in [0.4, 0.5) is 0 Å². The zero-order valence-corrected chi connectivity index (χ0v) is 11.3. The number of hydrogen-bond acceptors (Lipinski definition) is 3. The van der Waals surface area contributed by atoms with Crippen LogP contribution in [0.25, 0.3) is 0 Å². The van der Waals surface area contributed by atoms with Gasteiger partial charge in [0.15, 0.2) is 0 Å². The molecule has 2 aromatic carbocycles. The Morgan fingerprint density at radius 2 is 1.37 bits per heavy atom. The van der Waals surface area contributed by atoms with E-state index in [1.165, 1.54) is 0 Å². The lowest BCUT2D eigenvalue weighted by molar-refractivity contribution is 0.339. The second kappa shape index (κ2) is 6.25. The first-order valence-electron chi connectivity index (χ1n) is 6.45. The molecule has 0 aliphatic rings. The van der Waals surface area contributed by atoms with Gasteiger partial charge in [-0.1, -0.05) is 12.1 Å². The van der Waals surface area contributed by atoms with Crippen LogP contribution in [0.3, 0.4) is 0 Å². The highest BCUT2D eigenvalue weighted by Gasteiger charge is 2.01. The molecule has 0 fully saturated rings. The van der Waals surface area contributed by atoms with Crippen LogP contribution in [-0.4, -0.2) is 6.61 Å². The minimum absolute atomic E-state index is 0.0412. The number of rotatable bonds is 5. The van der Waals surface area contributed by atoms with Crippen LogP contribution in [-0.2, 0) is 0 Å². The van der Waals surface area contributed by atoms with Crippen LogP contribution in [0, 0.1) is 0 Å². The first kappa shape index (κ1) is 13.4. The van der Waals surface area contributed by atoms with Gasteiger partial charge in [-0.15, -0.1) is 0 Å². The monoisotopic (exact) mass is 257 g/mol. The molecule has 2 rings (SSSR count). The largest absolute Gasteiger partial charge is 0.494 e. The molecule has 0 heterocycles. The van der Waals surface area contributed by atoms with Crippen molar-refractivity contribution < 1.29 is 9.47 Å². The van der Waals surface area contributed by atoms with E-state index in [0.717, 1.165) is 22.8 Å². The molecular weight excluding hydrogens is 238 g/mol. The number of nitrogens with two attached hydrogens (primary N) is 1. The molecule has 0 aliphatic carbocycles. The summed E-state index contributed by atoms with van der Waals surface area (Å²) in [6.07, 6.45) is 0. The molecule has 1 atom stereocenters. The van der Waals surface area contributed by atoms with E-state index in [2.05, 4.69) is 0 Å². The molecule has 3 nitrogen and oxygen atoms in total. The summed E-state index contributed by atoms with van der Waals surface area (Å²) < 4.78 is 11.1. The Morgan fingerprint density at radius 1 is 0.895 bits per heavy atom. The molecule has 1 unspecified atom stereocenters. The summed E-state index contributed by atoms with van der Waals surface area (Å²) in [6, 6.07) is 15.4. The van der Waals surface area contributed by atoms with Crippen molar-refractivity contribution in [2.45, 2.75) is 19.9 Å². The standard InChI is InChI=1S/C16H19NO2/c1-3-18-14-8-10-16(11-9-14)19-15-6-4-13(5-7-15)12(2)17/h4-12H,3,17H2,1-2H3. The van der Waals surface area contributed by atoms with Crippen molar-refractivity contribution in [1.29, 1.82) is 0 Å². The van der Waals surface area contributed by atoms with Crippen LogP contribution < -0.4 is 15.2 Å². The molecule has 19 heavy (non-hydrogen) atoms. The number of benzene rings is 2. The lowest BCUT2D eigenvalue weighted by atomic mass is 10.1. The molecule has 2 N–H and O–H groups in total. The summed E-state index contributed by atoms with van der Waals surface area (Å²) in [6.45, 7) is 4.59. The maximum atomic E-state index is 5.81. The lowest BCUT2D eigenvalue weighted by Gasteiger charge is -2.09. The van der Waals surface area contributed by atoms with Crippen molar-refractivity contribution in [3.63, 3.8) is 0 Å². The van der Waals surface area contributed by atoms with Crippen molar-refractivity contribution in [3.05, 3.63) is 54.1 Å². The zero-order chi connectivity index (χ0) is 13.7. The van der Waals surface area contributed by atoms with Crippen LogP contribution in [0.5, 0.6) is 17.2 Å². The van der Waals surface area contributed by atoms with E-state index >= 15 is 0 Å². The van der Waals surface area contributed by atoms with Crippen LogP contribution in [0.1, 0.15) is 25.5 Å². The third-order valence-corrected chi connectivity index (χ3v) is 2.78. The van der Waals surface area contributed by atoms with Gasteiger partial charge >= 0.3 is 0 Å². The minimum Gasteiger partial charge on any atom is -0.494 e. The highest BCUT2D eigenvalue weighted by Crippen LogP contribution is 2.24. The van der Waals surface area contributed by atoms with Gasteiger partial charge in [0.25, 0.3) is 0 Å². The fourth-order valence-corrected chi connectivity index (χ4v) is 1.75. The number of hydrogen-bond donors (Lipinski definition) is 1. The van der Waals surface area contributed by atoms with E-state index < -0.39 is 0 Å². The third-order valence-electron chi connectivity index (χ3n) is 2.78. The van der Waals surface area contributed by atoms with E-state index in [9.17, 15) is 0 Å². The topological polar surface area (TPSA) is 44.5 Å². The third kappa shape index (κ3) is 3.73. The molecule has 0 aliphatic heterocycles. The fourth-order valence-electron chi connectivity index (χ4n) is 1.75. The van der Waals surface area contributed by atoms with Gasteiger partial charge in [0, 0.05) is 6.04 Å². The van der Waals surface area contributed by atoms with Crippen molar-refractivity contribution in [3.8, 4) is 17.2 Å². The summed E-state index contributed by atoms with van der Waals surface area (Å²) >= 11 is 0. The normalized spacial score (nSPS) is 11.9. The van der Waals surface area contributed by atoms with E-state index in [1.54, 1.807) is 0 Å². The quantitative estimate of drug-likeness (QED) is 0.883. The van der Waals surface area contributed by atoms with Gasteiger partial charge in [-0.2, -0.15) is 0 Å². The average Bonchev–Trinajstić information content (AvgIpc) is 2.42. The Labute approximate surface area is 114 Å². The maximum absolute atomic E-state index is 5.81. The molecular formula is C16H19NO2. The van der Waals surface area contributed by atoms with Crippen LogP contribution in [0.15, 0.2) is 48.5 Å². The first-order valence-corrected chi connectivity index (χ1v) is 6.45. The van der Waals surface area contributed by atoms with Gasteiger partial charge in [-0.05, 0) is 55.8 Å². The van der Waals surface area contributed by atoms with Gasteiger partial charge in [0.2, 0.25) is 0 Å². The predicted molar refractivity (Wildman–Crippen MR) is 76.7 cm³/mol. The van der Waals surface area contributed by atoms with E-state index in [-0.39, 0.29) is 6.04 Å². The molecule has 100 valence electrons. The Kier molecular flexibility index (Phi) is 4.42. The molecule has 0 saturated heterocycles. The van der Waals surface area contributed by atoms with Gasteiger partial charge in [-0.25, -0.2) is 0 Å². The van der Waals surface area contributed by atoms with Crippen LogP contribution >= 0.6 is 0 Å². The van der Waals surface area contributed by atoms with Crippen molar-refractivity contribution in [2.75, 3.05) is 6.61 Å². The highest BCUT2D eigenvalue weighted by atomic mass is 16.5. The smallest absolute Gasteiger partial charge is 0.127 e. The Balaban J connectivity index is 2.04. The first-order chi connectivity index (χ1) is 9.19. The zero-order valence-electron chi connectivity index (χ0n) is 11.3. The molecule has 0 amide bonds. The summed E-state index contributed by atoms with van der Waals surface area (Å²) in [7, 11) is 0. The van der Waals surface area contributed by atoms with Crippen LogP contribution in [0.2, 0.25) is 0 Å². The van der Waals surface area contributed by atoms with Crippen molar-refractivity contribution in [2.24, 2.45) is 5.73 Å². The molecule has 0 radical (unpaired) electrons. The van der Waals surface area contributed by atoms with E-state index in [1.807, 2.05) is 62.4 Å². The Morgan fingerprint density at radius 3 is 1.84 bits per heavy atom. The second-order valence-corrected chi connectivity index (χ2v) is 4.36. The van der Waals surface area contributed by atoms with Gasteiger partial charge in [0.05, 0.1) is 6.61 Å². The predicted octanol–water partition coefficient (Wildman–Crippen LogP) is 3.90. The summed E-state index contributed by atoms with van der Waals surface area (Å²) in [5.74, 6) is 2.44. The molecule has 0 bridgehead atoms. The van der Waals surface area contributed by atoms with Crippen molar-refractivity contribution in [1.82, 2.24) is 0 Å². The molecule has 3 heteroatoms. The molecule has 0 saturated carbocycles. The highest BCUT2D eigenvalue weighted by molar-refractivity contribution is 5.36. The summed E-state index contributed by atoms with van der Waals surface area (Å²) in [4.78, 5) is 0. The molecule has 2 aromatic rings. The number of ether oxygens (including phenoxy) is 2. The van der Waals surface area contributed by atoms with E-state index in [0.29, 0.717) is 6.61 Å². The minimum atomic E-state index is 0.0412. The average molecular weight is 257 g/mol. The maximum Gasteiger partial charge on any atom is 0.127 e. The van der Waals surface area contributed by atoms with Gasteiger partial charge < -0.3 is 15.2 Å². The fraction of sp³-hybridized carbons (Fsp3) is 0.250. The Bertz CT molecular complexity index is 503. The molecule has 0 aromatic heterocycles. The Hall–Kier alpha value is -2.00. The van der Waals surface area contributed by atoms with Gasteiger partial charge in [0.1, 0.15) is 17.2 Å². The van der Waals surface area contributed by atoms with Gasteiger partial charge in [-0.3, -0.25) is 0 Å². The summed E-state index contributed by atoms with van der Waals surface area (Å²) in [5.41, 5.74) is 6.90. The molecule has 0 spiro atoms. The SMILES string of the molecule is CCOc1ccc(Oc2ccc(C(C)N)cc2)cc1. The summed E-state index contributed by atoms with van der Waals surface area (Å²) in [5, 5.41) is 0.